The van der Waals surface area contributed by atoms with E-state index in [0.717, 1.165) is 16.8 Å². The Balaban J connectivity index is 1.78. The van der Waals surface area contributed by atoms with Crippen LogP contribution in [0.5, 0.6) is 17.4 Å². The number of aromatic nitrogens is 2. The van der Waals surface area contributed by atoms with Crippen LogP contribution in [-0.4, -0.2) is 33.4 Å². The molecule has 0 aliphatic carbocycles. The summed E-state index contributed by atoms with van der Waals surface area (Å²) in [4.78, 5) is 15.1. The lowest BCUT2D eigenvalue weighted by Crippen LogP contribution is -2.48. The summed E-state index contributed by atoms with van der Waals surface area (Å²) in [6.07, 6.45) is 0. The highest BCUT2D eigenvalue weighted by Crippen LogP contribution is 2.36. The third-order valence-corrected chi connectivity index (χ3v) is 5.82. The molecule has 0 unspecified atom stereocenters. The topological polar surface area (TPSA) is 68.6 Å². The molecule has 0 saturated heterocycles. The van der Waals surface area contributed by atoms with Crippen molar-refractivity contribution < 1.29 is 18.7 Å². The van der Waals surface area contributed by atoms with Crippen LogP contribution in [0.1, 0.15) is 37.6 Å². The summed E-state index contributed by atoms with van der Waals surface area (Å²) in [6, 6.07) is 22.9. The first-order valence-electron chi connectivity index (χ1n) is 12.4. The number of carbonyl (C=O) groups is 1. The smallest absolute Gasteiger partial charge is 0.318 e. The van der Waals surface area contributed by atoms with Gasteiger partial charge in [0.05, 0.1) is 30.6 Å². The molecule has 0 fully saturated rings. The molecule has 0 aliphatic heterocycles. The molecule has 3 aromatic carbocycles. The highest BCUT2D eigenvalue weighted by Gasteiger charge is 2.26. The van der Waals surface area contributed by atoms with Crippen LogP contribution in [0.3, 0.4) is 0 Å². The van der Waals surface area contributed by atoms with Crippen LogP contribution in [0.15, 0.2) is 78.9 Å². The number of aryl methyl sites for hydroxylation is 1. The Morgan fingerprint density at radius 3 is 2.21 bits per heavy atom. The number of rotatable bonds is 8. The molecule has 1 aromatic heterocycles. The normalized spacial score (nSPS) is 11.2. The van der Waals surface area contributed by atoms with Crippen molar-refractivity contribution in [2.45, 2.75) is 46.3 Å². The standard InChI is InChI=1S/C30H33FN4O3/c1-21-25(20-34(29(36)32-30(2,3)4)19-22-15-17-23(31)18-16-22)28(35(33-21)24-11-7-6-8-12-24)38-27-14-10-9-13-26(27)37-5/h6-18H,19-20H2,1-5H3,(H,32,36). The monoisotopic (exact) mass is 516 g/mol. The largest absolute Gasteiger partial charge is 0.493 e. The van der Waals surface area contributed by atoms with Crippen LogP contribution in [0.2, 0.25) is 0 Å². The fraction of sp³-hybridized carbons (Fsp3) is 0.267. The molecule has 198 valence electrons. The third kappa shape index (κ3) is 6.51. The molecule has 1 N–H and O–H groups in total. The molecule has 0 saturated carbocycles. The van der Waals surface area contributed by atoms with E-state index >= 15 is 0 Å². The Labute approximate surface area is 222 Å². The van der Waals surface area contributed by atoms with Crippen molar-refractivity contribution in [2.24, 2.45) is 0 Å². The van der Waals surface area contributed by atoms with Gasteiger partial charge in [-0.1, -0.05) is 42.5 Å². The maximum Gasteiger partial charge on any atom is 0.318 e. The molecule has 1 heterocycles. The van der Waals surface area contributed by atoms with Crippen molar-refractivity contribution in [1.82, 2.24) is 20.0 Å². The number of benzene rings is 3. The summed E-state index contributed by atoms with van der Waals surface area (Å²) in [5.74, 6) is 1.25. The Hall–Kier alpha value is -4.33. The minimum atomic E-state index is -0.446. The van der Waals surface area contributed by atoms with Gasteiger partial charge >= 0.3 is 6.03 Å². The van der Waals surface area contributed by atoms with E-state index in [-0.39, 0.29) is 24.9 Å². The first kappa shape index (κ1) is 26.7. The molecule has 7 nitrogen and oxygen atoms in total. The van der Waals surface area contributed by atoms with Crippen LogP contribution in [-0.2, 0) is 13.1 Å². The van der Waals surface area contributed by atoms with Gasteiger partial charge in [-0.15, -0.1) is 0 Å². The number of methoxy groups -OCH3 is 1. The summed E-state index contributed by atoms with van der Waals surface area (Å²) in [7, 11) is 1.59. The van der Waals surface area contributed by atoms with Crippen molar-refractivity contribution in [3.63, 3.8) is 0 Å². The van der Waals surface area contributed by atoms with E-state index in [9.17, 15) is 9.18 Å². The number of halogens is 1. The van der Waals surface area contributed by atoms with E-state index in [0.29, 0.717) is 23.1 Å². The van der Waals surface area contributed by atoms with E-state index < -0.39 is 5.54 Å². The zero-order valence-electron chi connectivity index (χ0n) is 22.4. The Morgan fingerprint density at radius 2 is 1.58 bits per heavy atom. The summed E-state index contributed by atoms with van der Waals surface area (Å²) in [5, 5.41) is 7.82. The van der Waals surface area contributed by atoms with Crippen LogP contribution in [0.25, 0.3) is 5.69 Å². The van der Waals surface area contributed by atoms with Crippen molar-refractivity contribution in [3.05, 3.63) is 102 Å². The molecule has 38 heavy (non-hydrogen) atoms. The van der Waals surface area contributed by atoms with E-state index in [1.807, 2.05) is 82.3 Å². The molecular weight excluding hydrogens is 483 g/mol. The third-order valence-electron chi connectivity index (χ3n) is 5.82. The van der Waals surface area contributed by atoms with E-state index in [2.05, 4.69) is 5.32 Å². The fourth-order valence-electron chi connectivity index (χ4n) is 3.98. The molecule has 0 radical (unpaired) electrons. The van der Waals surface area contributed by atoms with Gasteiger partial charge in [-0.05, 0) is 69.7 Å². The zero-order chi connectivity index (χ0) is 27.3. The van der Waals surface area contributed by atoms with E-state index in [1.54, 1.807) is 28.8 Å². The van der Waals surface area contributed by atoms with Crippen molar-refractivity contribution in [1.29, 1.82) is 0 Å². The second kappa shape index (κ2) is 11.4. The predicted molar refractivity (Wildman–Crippen MR) is 145 cm³/mol. The maximum atomic E-state index is 13.6. The SMILES string of the molecule is COc1ccccc1Oc1c(CN(Cc2ccc(F)cc2)C(=O)NC(C)(C)C)c(C)nn1-c1ccccc1. The molecular formula is C30H33FN4O3. The van der Waals surface area contributed by atoms with Crippen molar-refractivity contribution in [3.8, 4) is 23.1 Å². The number of nitrogens with zero attached hydrogens (tertiary/aromatic N) is 3. The Morgan fingerprint density at radius 1 is 0.947 bits per heavy atom. The van der Waals surface area contributed by atoms with Crippen LogP contribution in [0.4, 0.5) is 9.18 Å². The number of amides is 2. The number of hydrogen-bond donors (Lipinski definition) is 1. The number of hydrogen-bond acceptors (Lipinski definition) is 4. The lowest BCUT2D eigenvalue weighted by molar-refractivity contribution is 0.182. The number of ether oxygens (including phenoxy) is 2. The highest BCUT2D eigenvalue weighted by molar-refractivity contribution is 5.75. The predicted octanol–water partition coefficient (Wildman–Crippen LogP) is 6.63. The number of para-hydroxylation sites is 3. The second-order valence-electron chi connectivity index (χ2n) is 10.0. The minimum Gasteiger partial charge on any atom is -0.493 e. The zero-order valence-corrected chi connectivity index (χ0v) is 22.4. The van der Waals surface area contributed by atoms with Gasteiger partial charge in [0.1, 0.15) is 5.82 Å². The number of urea groups is 1. The molecule has 0 bridgehead atoms. The summed E-state index contributed by atoms with van der Waals surface area (Å²) in [6.45, 7) is 8.15. The first-order valence-corrected chi connectivity index (χ1v) is 12.4. The van der Waals surface area contributed by atoms with Gasteiger partial charge in [0, 0.05) is 12.1 Å². The Bertz CT molecular complexity index is 1380. The van der Waals surface area contributed by atoms with Gasteiger partial charge in [-0.3, -0.25) is 0 Å². The molecule has 2 amide bonds. The van der Waals surface area contributed by atoms with Gasteiger partial charge < -0.3 is 19.7 Å². The van der Waals surface area contributed by atoms with Crippen molar-refractivity contribution >= 4 is 6.03 Å². The lowest BCUT2D eigenvalue weighted by Gasteiger charge is -2.29. The van der Waals surface area contributed by atoms with Crippen LogP contribution >= 0.6 is 0 Å². The van der Waals surface area contributed by atoms with Crippen LogP contribution < -0.4 is 14.8 Å². The molecule has 8 heteroatoms. The molecule has 4 aromatic rings. The van der Waals surface area contributed by atoms with E-state index in [1.165, 1.54) is 12.1 Å². The second-order valence-corrected chi connectivity index (χ2v) is 10.0. The molecule has 0 atom stereocenters. The Kier molecular flexibility index (Phi) is 8.00. The van der Waals surface area contributed by atoms with Gasteiger partial charge in [-0.25, -0.2) is 13.9 Å². The van der Waals surface area contributed by atoms with Gasteiger partial charge in [0.2, 0.25) is 5.88 Å². The molecule has 4 rings (SSSR count). The lowest BCUT2D eigenvalue weighted by atomic mass is 10.1. The quantitative estimate of drug-likeness (QED) is 0.285. The van der Waals surface area contributed by atoms with Gasteiger partial charge in [-0.2, -0.15) is 5.10 Å². The van der Waals surface area contributed by atoms with Gasteiger partial charge in [0.15, 0.2) is 11.5 Å². The maximum absolute atomic E-state index is 13.6. The highest BCUT2D eigenvalue weighted by atomic mass is 19.1. The average molecular weight is 517 g/mol. The number of carbonyl (C=O) groups excluding carboxylic acids is 1. The summed E-state index contributed by atoms with van der Waals surface area (Å²) in [5.41, 5.74) is 2.63. The fourth-order valence-corrected chi connectivity index (χ4v) is 3.98. The minimum absolute atomic E-state index is 0.211. The van der Waals surface area contributed by atoms with Crippen molar-refractivity contribution in [2.75, 3.05) is 7.11 Å². The first-order chi connectivity index (χ1) is 18.1. The number of nitrogens with one attached hydrogen (secondary N) is 1. The summed E-state index contributed by atoms with van der Waals surface area (Å²) < 4.78 is 27.3. The van der Waals surface area contributed by atoms with Crippen LogP contribution in [0, 0.1) is 12.7 Å². The average Bonchev–Trinajstić information content (AvgIpc) is 3.19. The summed E-state index contributed by atoms with van der Waals surface area (Å²) >= 11 is 0. The van der Waals surface area contributed by atoms with E-state index in [4.69, 9.17) is 14.6 Å². The molecule has 0 aliphatic rings. The molecule has 0 spiro atoms. The van der Waals surface area contributed by atoms with Gasteiger partial charge in [0.25, 0.3) is 0 Å².